The zero-order chi connectivity index (χ0) is 17.3. The summed E-state index contributed by atoms with van der Waals surface area (Å²) in [6.45, 7) is 7.49. The van der Waals surface area contributed by atoms with Gasteiger partial charge in [0, 0.05) is 24.9 Å². The molecule has 3 heterocycles. The molecule has 24 heavy (non-hydrogen) atoms. The van der Waals surface area contributed by atoms with Crippen molar-refractivity contribution in [1.82, 2.24) is 30.0 Å². The van der Waals surface area contributed by atoms with Crippen molar-refractivity contribution in [3.8, 4) is 0 Å². The topological polar surface area (TPSA) is 75.9 Å². The molecule has 7 nitrogen and oxygen atoms in total. The maximum atomic E-state index is 12.5. The van der Waals surface area contributed by atoms with Crippen LogP contribution in [0, 0.1) is 6.92 Å². The van der Waals surface area contributed by atoms with E-state index in [1.165, 1.54) is 0 Å². The summed E-state index contributed by atoms with van der Waals surface area (Å²) in [4.78, 5) is 19.9. The molecule has 0 bridgehead atoms. The van der Waals surface area contributed by atoms with E-state index in [2.05, 4.69) is 32.0 Å². The molecule has 0 saturated heterocycles. The average Bonchev–Trinajstić information content (AvgIpc) is 3.26. The Labute approximate surface area is 146 Å². The molecule has 2 aromatic heterocycles. The molecule has 3 rings (SSSR count). The highest BCUT2D eigenvalue weighted by Crippen LogP contribution is 2.28. The normalized spacial score (nSPS) is 14.5. The monoisotopic (exact) mass is 348 g/mol. The Hall–Kier alpha value is -1.96. The Morgan fingerprint density at radius 2 is 2.25 bits per heavy atom. The van der Waals surface area contributed by atoms with Gasteiger partial charge in [0.25, 0.3) is 0 Å². The van der Waals surface area contributed by atoms with E-state index in [1.54, 1.807) is 16.2 Å². The number of nitrogens with zero attached hydrogens (tertiary/aromatic N) is 5. The molecule has 8 heteroatoms. The highest BCUT2D eigenvalue weighted by molar-refractivity contribution is 7.11. The van der Waals surface area contributed by atoms with E-state index in [1.807, 2.05) is 20.9 Å². The summed E-state index contributed by atoms with van der Waals surface area (Å²) in [7, 11) is 1.82. The first-order chi connectivity index (χ1) is 11.5. The van der Waals surface area contributed by atoms with Gasteiger partial charge >= 0.3 is 6.03 Å². The number of aryl methyl sites for hydroxylation is 3. The van der Waals surface area contributed by atoms with Crippen LogP contribution >= 0.6 is 11.3 Å². The van der Waals surface area contributed by atoms with Crippen molar-refractivity contribution in [2.45, 2.75) is 59.2 Å². The first-order valence-electron chi connectivity index (χ1n) is 8.39. The fraction of sp³-hybridized carbons (Fsp3) is 0.625. The standard InChI is InChI=1S/C16H24N6OS/c1-5-14-18-10(2)15(24-14)11(3)21(4)16(23)17-9-13-20-19-12-7-6-8-22(12)13/h11H,5-9H2,1-4H3,(H,17,23)/t11-/m0/s1. The third kappa shape index (κ3) is 3.15. The molecule has 0 saturated carbocycles. The van der Waals surface area contributed by atoms with Gasteiger partial charge in [-0.1, -0.05) is 6.92 Å². The maximum absolute atomic E-state index is 12.5. The lowest BCUT2D eigenvalue weighted by molar-refractivity contribution is 0.194. The fourth-order valence-electron chi connectivity index (χ4n) is 2.98. The Morgan fingerprint density at radius 3 is 2.96 bits per heavy atom. The van der Waals surface area contributed by atoms with Crippen LogP contribution in [0.5, 0.6) is 0 Å². The lowest BCUT2D eigenvalue weighted by atomic mass is 10.2. The third-order valence-corrected chi connectivity index (χ3v) is 6.02. The highest BCUT2D eigenvalue weighted by atomic mass is 32.1. The van der Waals surface area contributed by atoms with Crippen LogP contribution in [0.4, 0.5) is 4.79 Å². The number of amides is 2. The molecule has 1 aliphatic heterocycles. The summed E-state index contributed by atoms with van der Waals surface area (Å²) >= 11 is 1.69. The maximum Gasteiger partial charge on any atom is 0.318 e. The summed E-state index contributed by atoms with van der Waals surface area (Å²) in [6.07, 6.45) is 3.00. The molecular weight excluding hydrogens is 324 g/mol. The second-order valence-corrected chi connectivity index (χ2v) is 7.26. The van der Waals surface area contributed by atoms with Gasteiger partial charge in [0.2, 0.25) is 0 Å². The van der Waals surface area contributed by atoms with Crippen molar-refractivity contribution < 1.29 is 4.79 Å². The van der Waals surface area contributed by atoms with Crippen LogP contribution in [0.3, 0.4) is 0 Å². The highest BCUT2D eigenvalue weighted by Gasteiger charge is 2.23. The molecular formula is C16H24N6OS. The van der Waals surface area contributed by atoms with Crippen molar-refractivity contribution in [1.29, 1.82) is 0 Å². The average molecular weight is 348 g/mol. The molecule has 1 N–H and O–H groups in total. The SMILES string of the molecule is CCc1nc(C)c([C@H](C)N(C)C(=O)NCc2nnc3n2CCC3)s1. The number of nitrogens with one attached hydrogen (secondary N) is 1. The van der Waals surface area contributed by atoms with E-state index in [-0.39, 0.29) is 12.1 Å². The zero-order valence-corrected chi connectivity index (χ0v) is 15.5. The number of hydrogen-bond donors (Lipinski definition) is 1. The Balaban J connectivity index is 1.62. The number of thiazole rings is 1. The summed E-state index contributed by atoms with van der Waals surface area (Å²) in [5, 5.41) is 12.4. The lowest BCUT2D eigenvalue weighted by Crippen LogP contribution is -2.38. The van der Waals surface area contributed by atoms with Crippen molar-refractivity contribution >= 4 is 17.4 Å². The van der Waals surface area contributed by atoms with Crippen LogP contribution in [-0.4, -0.2) is 37.7 Å². The van der Waals surface area contributed by atoms with Gasteiger partial charge in [-0.05, 0) is 26.7 Å². The molecule has 0 fully saturated rings. The lowest BCUT2D eigenvalue weighted by Gasteiger charge is -2.24. The van der Waals surface area contributed by atoms with Crippen molar-refractivity contribution in [2.75, 3.05) is 7.05 Å². The number of carbonyl (C=O) groups is 1. The van der Waals surface area contributed by atoms with E-state index >= 15 is 0 Å². The molecule has 0 unspecified atom stereocenters. The van der Waals surface area contributed by atoms with Crippen LogP contribution in [0.1, 0.15) is 53.5 Å². The van der Waals surface area contributed by atoms with E-state index in [4.69, 9.17) is 0 Å². The minimum atomic E-state index is -0.108. The van der Waals surface area contributed by atoms with Gasteiger partial charge in [0.05, 0.1) is 23.3 Å². The van der Waals surface area contributed by atoms with Crippen molar-refractivity contribution in [3.05, 3.63) is 27.2 Å². The van der Waals surface area contributed by atoms with Crippen LogP contribution in [-0.2, 0) is 25.9 Å². The molecule has 0 aromatic carbocycles. The van der Waals surface area contributed by atoms with E-state index < -0.39 is 0 Å². The predicted octanol–water partition coefficient (Wildman–Crippen LogP) is 2.45. The molecule has 130 valence electrons. The number of aromatic nitrogens is 4. The van der Waals surface area contributed by atoms with Crippen LogP contribution in [0.15, 0.2) is 0 Å². The van der Waals surface area contributed by atoms with Crippen LogP contribution in [0.25, 0.3) is 0 Å². The minimum Gasteiger partial charge on any atom is -0.331 e. The Morgan fingerprint density at radius 1 is 1.46 bits per heavy atom. The molecule has 1 atom stereocenters. The smallest absolute Gasteiger partial charge is 0.318 e. The second kappa shape index (κ2) is 6.88. The molecule has 1 aliphatic rings. The van der Waals surface area contributed by atoms with Crippen LogP contribution in [0.2, 0.25) is 0 Å². The Bertz CT molecular complexity index is 737. The van der Waals surface area contributed by atoms with E-state index in [0.29, 0.717) is 6.54 Å². The molecule has 2 aromatic rings. The zero-order valence-electron chi connectivity index (χ0n) is 14.7. The summed E-state index contributed by atoms with van der Waals surface area (Å²) in [5.74, 6) is 1.85. The van der Waals surface area contributed by atoms with Crippen molar-refractivity contribution in [2.24, 2.45) is 0 Å². The number of carbonyl (C=O) groups excluding carboxylic acids is 1. The quantitative estimate of drug-likeness (QED) is 0.900. The number of fused-ring (bicyclic) bond motifs is 1. The fourth-order valence-corrected chi connectivity index (χ4v) is 4.08. The molecule has 0 radical (unpaired) electrons. The predicted molar refractivity (Wildman–Crippen MR) is 93.0 cm³/mol. The van der Waals surface area contributed by atoms with Gasteiger partial charge in [-0.15, -0.1) is 21.5 Å². The van der Waals surface area contributed by atoms with Gasteiger partial charge in [-0.3, -0.25) is 0 Å². The van der Waals surface area contributed by atoms with Gasteiger partial charge in [-0.2, -0.15) is 0 Å². The second-order valence-electron chi connectivity index (χ2n) is 6.14. The largest absolute Gasteiger partial charge is 0.331 e. The Kier molecular flexibility index (Phi) is 4.84. The summed E-state index contributed by atoms with van der Waals surface area (Å²) in [6, 6.07) is -0.115. The summed E-state index contributed by atoms with van der Waals surface area (Å²) < 4.78 is 2.10. The first-order valence-corrected chi connectivity index (χ1v) is 9.20. The number of hydrogen-bond acceptors (Lipinski definition) is 5. The minimum absolute atomic E-state index is 0.00749. The number of rotatable bonds is 5. The number of urea groups is 1. The summed E-state index contributed by atoms with van der Waals surface area (Å²) in [5.41, 5.74) is 1.01. The van der Waals surface area contributed by atoms with Crippen molar-refractivity contribution in [3.63, 3.8) is 0 Å². The van der Waals surface area contributed by atoms with Gasteiger partial charge < -0.3 is 14.8 Å². The van der Waals surface area contributed by atoms with Gasteiger partial charge in [-0.25, -0.2) is 9.78 Å². The van der Waals surface area contributed by atoms with Gasteiger partial charge in [0.1, 0.15) is 5.82 Å². The van der Waals surface area contributed by atoms with Crippen LogP contribution < -0.4 is 5.32 Å². The molecule has 2 amide bonds. The molecule has 0 aliphatic carbocycles. The third-order valence-electron chi connectivity index (χ3n) is 4.54. The first kappa shape index (κ1) is 16.9. The van der Waals surface area contributed by atoms with E-state index in [9.17, 15) is 4.79 Å². The molecule has 0 spiro atoms. The van der Waals surface area contributed by atoms with Gasteiger partial charge in [0.15, 0.2) is 5.82 Å². The van der Waals surface area contributed by atoms with E-state index in [0.717, 1.165) is 53.0 Å².